The molecule has 0 rings (SSSR count). The molecule has 94 valence electrons. The molecule has 0 spiro atoms. The van der Waals surface area contributed by atoms with E-state index in [9.17, 15) is 9.59 Å². The van der Waals surface area contributed by atoms with E-state index in [1.807, 2.05) is 6.92 Å². The number of hydrogen-bond donors (Lipinski definition) is 1. The highest BCUT2D eigenvalue weighted by molar-refractivity contribution is 5.94. The summed E-state index contributed by atoms with van der Waals surface area (Å²) in [5.74, 6) is 2.57. The van der Waals surface area contributed by atoms with E-state index < -0.39 is 23.5 Å². The fraction of sp³-hybridized carbons (Fsp3) is 0.818. The molecule has 16 heavy (non-hydrogen) atoms. The molecule has 0 aliphatic heterocycles. The second kappa shape index (κ2) is 6.48. The average Bonchev–Trinajstić information content (AvgIpc) is 2.15. The van der Waals surface area contributed by atoms with Gasteiger partial charge in [0, 0.05) is 0 Å². The van der Waals surface area contributed by atoms with E-state index in [0.717, 1.165) is 12.8 Å². The third-order valence-electron chi connectivity index (χ3n) is 1.94. The van der Waals surface area contributed by atoms with Crippen LogP contribution in [0.2, 0.25) is 0 Å². The largest absolute Gasteiger partial charge is 0.459 e. The zero-order valence-corrected chi connectivity index (χ0v) is 10.4. The van der Waals surface area contributed by atoms with Gasteiger partial charge < -0.3 is 9.57 Å². The van der Waals surface area contributed by atoms with Gasteiger partial charge in [-0.15, -0.1) is 0 Å². The molecule has 0 radical (unpaired) electrons. The van der Waals surface area contributed by atoms with E-state index >= 15 is 0 Å². The predicted molar refractivity (Wildman–Crippen MR) is 59.1 cm³/mol. The van der Waals surface area contributed by atoms with Crippen molar-refractivity contribution in [2.45, 2.75) is 52.6 Å². The van der Waals surface area contributed by atoms with E-state index in [2.05, 4.69) is 4.84 Å². The Morgan fingerprint density at radius 1 is 1.25 bits per heavy atom. The zero-order chi connectivity index (χ0) is 12.8. The number of hydrogen-bond acceptors (Lipinski definition) is 5. The van der Waals surface area contributed by atoms with Gasteiger partial charge in [0.15, 0.2) is 5.92 Å². The molecule has 5 nitrogen and oxygen atoms in total. The van der Waals surface area contributed by atoms with Crippen molar-refractivity contribution in [2.75, 3.05) is 0 Å². The Kier molecular flexibility index (Phi) is 6.03. The van der Waals surface area contributed by atoms with Crippen molar-refractivity contribution in [3.63, 3.8) is 0 Å². The fourth-order valence-electron chi connectivity index (χ4n) is 1.20. The van der Waals surface area contributed by atoms with Gasteiger partial charge in [-0.25, -0.2) is 4.79 Å². The fourth-order valence-corrected chi connectivity index (χ4v) is 1.20. The number of esters is 1. The quantitative estimate of drug-likeness (QED) is 0.441. The SMILES string of the molecule is CCCC[C@H](C(=O)ON)C(=O)OC(C)(C)C. The Bertz CT molecular complexity index is 245. The highest BCUT2D eigenvalue weighted by Gasteiger charge is 2.31. The second-order valence-corrected chi connectivity index (χ2v) is 4.67. The molecular formula is C11H21NO4. The van der Waals surface area contributed by atoms with Gasteiger partial charge in [-0.05, 0) is 27.2 Å². The third kappa shape index (κ3) is 5.70. The molecule has 5 heteroatoms. The molecule has 0 heterocycles. The first kappa shape index (κ1) is 14.9. The molecule has 0 unspecified atom stereocenters. The van der Waals surface area contributed by atoms with Crippen LogP contribution in [0.15, 0.2) is 0 Å². The van der Waals surface area contributed by atoms with E-state index in [-0.39, 0.29) is 0 Å². The lowest BCUT2D eigenvalue weighted by atomic mass is 10.0. The summed E-state index contributed by atoms with van der Waals surface area (Å²) >= 11 is 0. The minimum Gasteiger partial charge on any atom is -0.459 e. The van der Waals surface area contributed by atoms with Gasteiger partial charge in [-0.2, -0.15) is 5.90 Å². The van der Waals surface area contributed by atoms with Crippen LogP contribution >= 0.6 is 0 Å². The van der Waals surface area contributed by atoms with E-state index in [1.54, 1.807) is 20.8 Å². The van der Waals surface area contributed by atoms with Crippen LogP contribution in [0.4, 0.5) is 0 Å². The van der Waals surface area contributed by atoms with Crippen LogP contribution in [0.3, 0.4) is 0 Å². The molecule has 0 aliphatic carbocycles. The molecule has 0 aromatic heterocycles. The summed E-state index contributed by atoms with van der Waals surface area (Å²) in [5.41, 5.74) is -0.615. The van der Waals surface area contributed by atoms with Crippen LogP contribution in [-0.2, 0) is 19.2 Å². The normalized spacial score (nSPS) is 13.1. The number of carbonyl (C=O) groups excluding carboxylic acids is 2. The number of nitrogens with two attached hydrogens (primary N) is 1. The second-order valence-electron chi connectivity index (χ2n) is 4.67. The van der Waals surface area contributed by atoms with Crippen LogP contribution < -0.4 is 5.90 Å². The number of rotatable bonds is 5. The summed E-state index contributed by atoms with van der Waals surface area (Å²) in [6, 6.07) is 0. The maximum absolute atomic E-state index is 11.7. The van der Waals surface area contributed by atoms with Gasteiger partial charge >= 0.3 is 11.9 Å². The van der Waals surface area contributed by atoms with Gasteiger partial charge in [0.1, 0.15) is 5.60 Å². The van der Waals surface area contributed by atoms with Gasteiger partial charge in [-0.1, -0.05) is 19.8 Å². The lowest BCUT2D eigenvalue weighted by Crippen LogP contribution is -2.34. The van der Waals surface area contributed by atoms with Crippen molar-refractivity contribution in [3.8, 4) is 0 Å². The van der Waals surface area contributed by atoms with Gasteiger partial charge in [0.05, 0.1) is 0 Å². The molecule has 0 aromatic carbocycles. The minimum atomic E-state index is -0.913. The molecule has 0 amide bonds. The molecule has 1 atom stereocenters. The lowest BCUT2D eigenvalue weighted by molar-refractivity contribution is -0.169. The summed E-state index contributed by atoms with van der Waals surface area (Å²) in [6.45, 7) is 7.21. The van der Waals surface area contributed by atoms with Gasteiger partial charge in [0.2, 0.25) is 0 Å². The van der Waals surface area contributed by atoms with Crippen molar-refractivity contribution in [1.82, 2.24) is 0 Å². The topological polar surface area (TPSA) is 78.6 Å². The van der Waals surface area contributed by atoms with Crippen molar-refractivity contribution in [2.24, 2.45) is 11.8 Å². The zero-order valence-electron chi connectivity index (χ0n) is 10.4. The first-order valence-corrected chi connectivity index (χ1v) is 5.45. The summed E-state index contributed by atoms with van der Waals surface area (Å²) < 4.78 is 5.12. The van der Waals surface area contributed by atoms with Crippen LogP contribution in [-0.4, -0.2) is 17.5 Å². The van der Waals surface area contributed by atoms with E-state index in [0.29, 0.717) is 6.42 Å². The van der Waals surface area contributed by atoms with Gasteiger partial charge in [-0.3, -0.25) is 4.79 Å². The Morgan fingerprint density at radius 3 is 2.19 bits per heavy atom. The Morgan fingerprint density at radius 2 is 1.81 bits per heavy atom. The number of carbonyl (C=O) groups is 2. The smallest absolute Gasteiger partial charge is 0.338 e. The van der Waals surface area contributed by atoms with Crippen molar-refractivity contribution in [3.05, 3.63) is 0 Å². The van der Waals surface area contributed by atoms with Crippen LogP contribution in [0.1, 0.15) is 47.0 Å². The third-order valence-corrected chi connectivity index (χ3v) is 1.94. The van der Waals surface area contributed by atoms with Crippen LogP contribution in [0.5, 0.6) is 0 Å². The first-order chi connectivity index (χ1) is 7.31. The van der Waals surface area contributed by atoms with Crippen molar-refractivity contribution >= 4 is 11.9 Å². The molecule has 0 fully saturated rings. The molecule has 0 saturated carbocycles. The standard InChI is InChI=1S/C11H21NO4/c1-5-6-7-8(10(14)16-12)9(13)15-11(2,3)4/h8H,5-7,12H2,1-4H3/t8-/m0/s1. The molecule has 0 bridgehead atoms. The predicted octanol–water partition coefficient (Wildman–Crippen LogP) is 1.55. The highest BCUT2D eigenvalue weighted by Crippen LogP contribution is 2.16. The van der Waals surface area contributed by atoms with E-state index in [4.69, 9.17) is 10.6 Å². The minimum absolute atomic E-state index is 0.404. The average molecular weight is 231 g/mol. The van der Waals surface area contributed by atoms with Crippen molar-refractivity contribution in [1.29, 1.82) is 0 Å². The molecule has 2 N–H and O–H groups in total. The Balaban J connectivity index is 4.50. The first-order valence-electron chi connectivity index (χ1n) is 5.45. The number of unbranched alkanes of at least 4 members (excludes halogenated alkanes) is 1. The highest BCUT2D eigenvalue weighted by atomic mass is 16.7. The summed E-state index contributed by atoms with van der Waals surface area (Å²) in [4.78, 5) is 27.1. The maximum Gasteiger partial charge on any atom is 0.338 e. The van der Waals surface area contributed by atoms with Crippen LogP contribution in [0.25, 0.3) is 0 Å². The summed E-state index contributed by atoms with van der Waals surface area (Å²) in [5, 5.41) is 0. The lowest BCUT2D eigenvalue weighted by Gasteiger charge is -2.22. The summed E-state index contributed by atoms with van der Waals surface area (Å²) in [7, 11) is 0. The molecule has 0 aliphatic rings. The van der Waals surface area contributed by atoms with Crippen LogP contribution in [0, 0.1) is 5.92 Å². The molecule has 0 saturated heterocycles. The monoisotopic (exact) mass is 231 g/mol. The summed E-state index contributed by atoms with van der Waals surface area (Å²) in [6.07, 6.45) is 2.04. The van der Waals surface area contributed by atoms with Gasteiger partial charge in [0.25, 0.3) is 0 Å². The molecular weight excluding hydrogens is 210 g/mol. The number of ether oxygens (including phenoxy) is 1. The Labute approximate surface area is 96.2 Å². The van der Waals surface area contributed by atoms with Crippen molar-refractivity contribution < 1.29 is 19.2 Å². The maximum atomic E-state index is 11.7. The van der Waals surface area contributed by atoms with E-state index in [1.165, 1.54) is 0 Å². The Hall–Kier alpha value is -1.10. The molecule has 0 aromatic rings.